The van der Waals surface area contributed by atoms with Crippen LogP contribution in [0.5, 0.6) is 0 Å². The zero-order chi connectivity index (χ0) is 22.2. The van der Waals surface area contributed by atoms with Crippen LogP contribution in [0.25, 0.3) is 11.0 Å². The molecule has 0 aromatic heterocycles. The molecule has 3 heteroatoms. The van der Waals surface area contributed by atoms with Crippen molar-refractivity contribution in [2.75, 3.05) is 0 Å². The smallest absolute Gasteiger partial charge is 0.399 e. The standard InChI is InChI=1S/C28H31BO2/c1-20-17-21(2)19-24(18-20)25(22-13-9-7-10-14-22)26(23-15-11-8-12-16-23)29-30-27(3,4)28(5,6)31-29/h7-19H,1-6H3/b26-25-. The van der Waals surface area contributed by atoms with Gasteiger partial charge in [0.1, 0.15) is 0 Å². The third-order valence-corrected chi connectivity index (χ3v) is 6.42. The van der Waals surface area contributed by atoms with Crippen molar-refractivity contribution in [2.24, 2.45) is 0 Å². The molecule has 1 saturated heterocycles. The second-order valence-electron chi connectivity index (χ2n) is 9.49. The first-order valence-electron chi connectivity index (χ1n) is 11.0. The molecule has 0 atom stereocenters. The lowest BCUT2D eigenvalue weighted by atomic mass is 9.68. The predicted molar refractivity (Wildman–Crippen MR) is 131 cm³/mol. The molecule has 31 heavy (non-hydrogen) atoms. The summed E-state index contributed by atoms with van der Waals surface area (Å²) in [7, 11) is -0.469. The van der Waals surface area contributed by atoms with Gasteiger partial charge in [0.05, 0.1) is 11.2 Å². The summed E-state index contributed by atoms with van der Waals surface area (Å²) in [6.07, 6.45) is 0. The van der Waals surface area contributed by atoms with Crippen LogP contribution >= 0.6 is 0 Å². The van der Waals surface area contributed by atoms with Crippen molar-refractivity contribution in [1.82, 2.24) is 0 Å². The van der Waals surface area contributed by atoms with Crippen LogP contribution in [0.1, 0.15) is 55.5 Å². The lowest BCUT2D eigenvalue weighted by molar-refractivity contribution is 0.00578. The highest BCUT2D eigenvalue weighted by Crippen LogP contribution is 2.44. The lowest BCUT2D eigenvalue weighted by Gasteiger charge is -2.32. The van der Waals surface area contributed by atoms with Gasteiger partial charge in [-0.25, -0.2) is 0 Å². The van der Waals surface area contributed by atoms with Gasteiger partial charge in [-0.3, -0.25) is 0 Å². The average molecular weight is 410 g/mol. The van der Waals surface area contributed by atoms with Crippen molar-refractivity contribution in [2.45, 2.75) is 52.7 Å². The van der Waals surface area contributed by atoms with E-state index in [4.69, 9.17) is 9.31 Å². The number of rotatable bonds is 4. The fourth-order valence-corrected chi connectivity index (χ4v) is 4.18. The normalized spacial score (nSPS) is 18.1. The lowest BCUT2D eigenvalue weighted by Crippen LogP contribution is -2.41. The Morgan fingerprint density at radius 3 is 1.55 bits per heavy atom. The monoisotopic (exact) mass is 410 g/mol. The summed E-state index contributed by atoms with van der Waals surface area (Å²) in [5.41, 5.74) is 7.31. The molecule has 1 aliphatic heterocycles. The molecule has 0 saturated carbocycles. The van der Waals surface area contributed by atoms with Gasteiger partial charge in [-0.05, 0) is 69.3 Å². The molecule has 3 aromatic carbocycles. The molecule has 0 spiro atoms. The molecule has 0 N–H and O–H groups in total. The van der Waals surface area contributed by atoms with Gasteiger partial charge in [-0.2, -0.15) is 0 Å². The second kappa shape index (κ2) is 8.14. The molecule has 0 amide bonds. The SMILES string of the molecule is Cc1cc(C)cc(/C(=C(\B2OC(C)(C)C(C)(C)O2)c2ccccc2)c2ccccc2)c1. The number of hydrogen-bond donors (Lipinski definition) is 0. The zero-order valence-electron chi connectivity index (χ0n) is 19.4. The Kier molecular flexibility index (Phi) is 5.68. The first-order chi connectivity index (χ1) is 14.7. The van der Waals surface area contributed by atoms with E-state index in [1.807, 2.05) is 6.07 Å². The summed E-state index contributed by atoms with van der Waals surface area (Å²) in [6.45, 7) is 12.7. The van der Waals surface area contributed by atoms with E-state index in [1.165, 1.54) is 16.7 Å². The molecule has 0 aliphatic carbocycles. The van der Waals surface area contributed by atoms with Gasteiger partial charge in [-0.15, -0.1) is 0 Å². The fraction of sp³-hybridized carbons (Fsp3) is 0.286. The highest BCUT2D eigenvalue weighted by Gasteiger charge is 2.53. The van der Waals surface area contributed by atoms with Crippen LogP contribution < -0.4 is 0 Å². The van der Waals surface area contributed by atoms with Crippen molar-refractivity contribution < 1.29 is 9.31 Å². The highest BCUT2D eigenvalue weighted by atomic mass is 16.7. The van der Waals surface area contributed by atoms with Crippen LogP contribution in [0.2, 0.25) is 0 Å². The maximum absolute atomic E-state index is 6.58. The van der Waals surface area contributed by atoms with Crippen molar-refractivity contribution in [3.63, 3.8) is 0 Å². The van der Waals surface area contributed by atoms with Gasteiger partial charge in [0.15, 0.2) is 0 Å². The zero-order valence-corrected chi connectivity index (χ0v) is 19.4. The Morgan fingerprint density at radius 2 is 1.06 bits per heavy atom. The summed E-state index contributed by atoms with van der Waals surface area (Å²) in [5, 5.41) is 0. The Morgan fingerprint density at radius 1 is 0.613 bits per heavy atom. The minimum Gasteiger partial charge on any atom is -0.399 e. The maximum Gasteiger partial charge on any atom is 0.496 e. The Hall–Kier alpha value is -2.62. The van der Waals surface area contributed by atoms with Crippen molar-refractivity contribution in [3.8, 4) is 0 Å². The molecule has 0 unspecified atom stereocenters. The molecule has 2 nitrogen and oxygen atoms in total. The molecule has 1 aliphatic rings. The Balaban J connectivity index is 2.04. The van der Waals surface area contributed by atoms with E-state index < -0.39 is 18.3 Å². The largest absolute Gasteiger partial charge is 0.496 e. The molecular weight excluding hydrogens is 379 g/mol. The molecule has 3 aromatic rings. The minimum atomic E-state index is -0.469. The van der Waals surface area contributed by atoms with Crippen LogP contribution in [0.3, 0.4) is 0 Å². The number of aryl methyl sites for hydroxylation is 2. The van der Waals surface area contributed by atoms with Gasteiger partial charge in [0, 0.05) is 0 Å². The molecular formula is C28H31BO2. The van der Waals surface area contributed by atoms with Gasteiger partial charge < -0.3 is 9.31 Å². The van der Waals surface area contributed by atoms with E-state index in [0.29, 0.717) is 0 Å². The van der Waals surface area contributed by atoms with E-state index in [9.17, 15) is 0 Å². The van der Waals surface area contributed by atoms with E-state index in [2.05, 4.69) is 114 Å². The summed E-state index contributed by atoms with van der Waals surface area (Å²) in [4.78, 5) is 0. The van der Waals surface area contributed by atoms with Crippen LogP contribution in [0, 0.1) is 13.8 Å². The van der Waals surface area contributed by atoms with Crippen LogP contribution in [-0.2, 0) is 9.31 Å². The van der Waals surface area contributed by atoms with Gasteiger partial charge >= 0.3 is 7.12 Å². The minimum absolute atomic E-state index is 0.415. The van der Waals surface area contributed by atoms with Crippen LogP contribution in [-0.4, -0.2) is 18.3 Å². The third-order valence-electron chi connectivity index (χ3n) is 6.42. The number of hydrogen-bond acceptors (Lipinski definition) is 2. The van der Waals surface area contributed by atoms with Crippen molar-refractivity contribution >= 4 is 18.2 Å². The molecule has 0 bridgehead atoms. The molecule has 1 heterocycles. The Labute approximate surface area is 187 Å². The summed E-state index contributed by atoms with van der Waals surface area (Å²) in [6, 6.07) is 27.8. The van der Waals surface area contributed by atoms with E-state index in [1.54, 1.807) is 0 Å². The van der Waals surface area contributed by atoms with Crippen LogP contribution in [0.15, 0.2) is 78.9 Å². The topological polar surface area (TPSA) is 18.5 Å². The van der Waals surface area contributed by atoms with Gasteiger partial charge in [0.25, 0.3) is 0 Å². The van der Waals surface area contributed by atoms with Crippen molar-refractivity contribution in [1.29, 1.82) is 0 Å². The van der Waals surface area contributed by atoms with E-state index in [0.717, 1.165) is 22.2 Å². The first kappa shape index (κ1) is 21.6. The molecule has 0 radical (unpaired) electrons. The highest BCUT2D eigenvalue weighted by molar-refractivity contribution is 6.71. The number of benzene rings is 3. The fourth-order valence-electron chi connectivity index (χ4n) is 4.18. The third kappa shape index (κ3) is 4.26. The van der Waals surface area contributed by atoms with E-state index in [-0.39, 0.29) is 0 Å². The van der Waals surface area contributed by atoms with Crippen LogP contribution in [0.4, 0.5) is 0 Å². The summed E-state index contributed by atoms with van der Waals surface area (Å²) >= 11 is 0. The second-order valence-corrected chi connectivity index (χ2v) is 9.49. The molecule has 158 valence electrons. The maximum atomic E-state index is 6.58. The molecule has 1 fully saturated rings. The summed E-state index contributed by atoms with van der Waals surface area (Å²) < 4.78 is 13.2. The quantitative estimate of drug-likeness (QED) is 0.344. The van der Waals surface area contributed by atoms with Gasteiger partial charge in [0.2, 0.25) is 0 Å². The van der Waals surface area contributed by atoms with E-state index >= 15 is 0 Å². The molecule has 4 rings (SSSR count). The van der Waals surface area contributed by atoms with Gasteiger partial charge in [-0.1, -0.05) is 90.0 Å². The predicted octanol–water partition coefficient (Wildman–Crippen LogP) is 6.89. The first-order valence-corrected chi connectivity index (χ1v) is 11.0. The van der Waals surface area contributed by atoms with Crippen molar-refractivity contribution in [3.05, 3.63) is 107 Å². The average Bonchev–Trinajstić information content (AvgIpc) is 2.93. The Bertz CT molecular complexity index is 1060. The summed E-state index contributed by atoms with van der Waals surface area (Å²) in [5.74, 6) is 0.